The molecule has 0 aliphatic rings. The molecule has 0 aromatic heterocycles. The number of unbranched alkanes of at least 4 members (excludes halogenated alkanes) is 2. The Morgan fingerprint density at radius 1 is 1.35 bits per heavy atom. The summed E-state index contributed by atoms with van der Waals surface area (Å²) in [6.07, 6.45) is 2.09. The van der Waals surface area contributed by atoms with Gasteiger partial charge in [0.25, 0.3) is 0 Å². The molecule has 0 radical (unpaired) electrons. The first-order valence-corrected chi connectivity index (χ1v) is 7.37. The van der Waals surface area contributed by atoms with Crippen molar-refractivity contribution in [2.24, 2.45) is 0 Å². The first kappa shape index (κ1) is 16.3. The summed E-state index contributed by atoms with van der Waals surface area (Å²) in [5, 5.41) is 8.85. The van der Waals surface area contributed by atoms with E-state index in [4.69, 9.17) is 5.11 Å². The molecule has 0 aromatic rings. The molecule has 5 nitrogen and oxygen atoms in total. The first-order chi connectivity index (χ1) is 7.93. The maximum Gasteiger partial charge on any atom is 0.321 e. The van der Waals surface area contributed by atoms with Crippen LogP contribution in [0.1, 0.15) is 39.0 Å². The highest BCUT2D eigenvalue weighted by Crippen LogP contribution is 2.04. The van der Waals surface area contributed by atoms with E-state index in [-0.39, 0.29) is 25.0 Å². The molecule has 0 aliphatic carbocycles. The van der Waals surface area contributed by atoms with Crippen LogP contribution < -0.4 is 4.72 Å². The zero-order valence-corrected chi connectivity index (χ0v) is 10.8. The van der Waals surface area contributed by atoms with Crippen molar-refractivity contribution in [3.05, 3.63) is 0 Å². The van der Waals surface area contributed by atoms with Gasteiger partial charge in [-0.05, 0) is 19.3 Å². The summed E-state index contributed by atoms with van der Waals surface area (Å²) in [7, 11) is -3.63. The summed E-state index contributed by atoms with van der Waals surface area (Å²) in [6.45, 7) is 1.34. The van der Waals surface area contributed by atoms with Gasteiger partial charge in [0, 0.05) is 0 Å². The SMILES string of the molecule is CCCC[C@H](NS(=O)(=O)CCCCF)C(=O)O. The molecule has 0 saturated carbocycles. The largest absolute Gasteiger partial charge is 0.480 e. The lowest BCUT2D eigenvalue weighted by Crippen LogP contribution is -2.41. The lowest BCUT2D eigenvalue weighted by molar-refractivity contribution is -0.139. The molecule has 0 amide bonds. The average Bonchev–Trinajstić information content (AvgIpc) is 2.24. The Kier molecular flexibility index (Phi) is 8.07. The Morgan fingerprint density at radius 3 is 2.47 bits per heavy atom. The number of sulfonamides is 1. The zero-order chi connectivity index (χ0) is 13.3. The Bertz CT molecular complexity index is 318. The summed E-state index contributed by atoms with van der Waals surface area (Å²) < 4.78 is 36.9. The minimum atomic E-state index is -3.63. The fourth-order valence-corrected chi connectivity index (χ4v) is 2.66. The van der Waals surface area contributed by atoms with E-state index in [9.17, 15) is 17.6 Å². The molecule has 0 heterocycles. The topological polar surface area (TPSA) is 83.5 Å². The fourth-order valence-electron chi connectivity index (χ4n) is 1.30. The predicted octanol–water partition coefficient (Wildman–Crippen LogP) is 1.30. The summed E-state index contributed by atoms with van der Waals surface area (Å²) in [5.74, 6) is -1.40. The Balaban J connectivity index is 4.27. The van der Waals surface area contributed by atoms with Crippen molar-refractivity contribution in [1.82, 2.24) is 4.72 Å². The minimum Gasteiger partial charge on any atom is -0.480 e. The third-order valence-electron chi connectivity index (χ3n) is 2.26. The van der Waals surface area contributed by atoms with E-state index in [2.05, 4.69) is 4.72 Å². The monoisotopic (exact) mass is 269 g/mol. The number of carboxylic acid groups (broad SMARTS) is 1. The Labute approximate surface area is 101 Å². The number of halogens is 1. The Hall–Kier alpha value is -0.690. The average molecular weight is 269 g/mol. The maximum atomic E-state index is 11.8. The van der Waals surface area contributed by atoms with Gasteiger partial charge in [-0.1, -0.05) is 19.8 Å². The second kappa shape index (κ2) is 8.41. The number of aliphatic carboxylic acids is 1. The van der Waals surface area contributed by atoms with Crippen LogP contribution >= 0.6 is 0 Å². The van der Waals surface area contributed by atoms with Gasteiger partial charge < -0.3 is 5.11 Å². The molecular weight excluding hydrogens is 249 g/mol. The van der Waals surface area contributed by atoms with Crippen LogP contribution in [0.2, 0.25) is 0 Å². The van der Waals surface area contributed by atoms with E-state index in [1.54, 1.807) is 0 Å². The molecule has 0 bridgehead atoms. The van der Waals surface area contributed by atoms with Crippen LogP contribution in [-0.2, 0) is 14.8 Å². The van der Waals surface area contributed by atoms with Crippen molar-refractivity contribution in [3.8, 4) is 0 Å². The molecule has 0 aromatic carbocycles. The van der Waals surface area contributed by atoms with Crippen molar-refractivity contribution in [1.29, 1.82) is 0 Å². The summed E-state index contributed by atoms with van der Waals surface area (Å²) in [6, 6.07) is -1.08. The van der Waals surface area contributed by atoms with Crippen molar-refractivity contribution in [3.63, 3.8) is 0 Å². The van der Waals surface area contributed by atoms with Crippen LogP contribution in [0.3, 0.4) is 0 Å². The van der Waals surface area contributed by atoms with E-state index in [1.165, 1.54) is 0 Å². The smallest absolute Gasteiger partial charge is 0.321 e. The number of carbonyl (C=O) groups is 1. The molecule has 17 heavy (non-hydrogen) atoms. The van der Waals surface area contributed by atoms with Crippen LogP contribution in [0.4, 0.5) is 4.39 Å². The number of rotatable bonds is 10. The van der Waals surface area contributed by atoms with Gasteiger partial charge in [0.15, 0.2) is 0 Å². The van der Waals surface area contributed by atoms with E-state index in [0.717, 1.165) is 6.42 Å². The van der Waals surface area contributed by atoms with E-state index in [0.29, 0.717) is 6.42 Å². The second-order valence-corrected chi connectivity index (χ2v) is 5.74. The van der Waals surface area contributed by atoms with Gasteiger partial charge in [-0.25, -0.2) is 13.1 Å². The summed E-state index contributed by atoms with van der Waals surface area (Å²) >= 11 is 0. The summed E-state index contributed by atoms with van der Waals surface area (Å²) in [4.78, 5) is 10.8. The van der Waals surface area contributed by atoms with E-state index >= 15 is 0 Å². The van der Waals surface area contributed by atoms with Crippen molar-refractivity contribution >= 4 is 16.0 Å². The fraction of sp³-hybridized carbons (Fsp3) is 0.900. The van der Waals surface area contributed by atoms with E-state index in [1.807, 2.05) is 6.92 Å². The third-order valence-corrected chi connectivity index (χ3v) is 3.73. The molecule has 0 rings (SSSR count). The van der Waals surface area contributed by atoms with Crippen LogP contribution in [0.5, 0.6) is 0 Å². The van der Waals surface area contributed by atoms with Crippen molar-refractivity contribution < 1.29 is 22.7 Å². The van der Waals surface area contributed by atoms with Crippen molar-refractivity contribution in [2.75, 3.05) is 12.4 Å². The van der Waals surface area contributed by atoms with Gasteiger partial charge in [0.2, 0.25) is 10.0 Å². The van der Waals surface area contributed by atoms with Gasteiger partial charge in [-0.15, -0.1) is 0 Å². The van der Waals surface area contributed by atoms with Crippen LogP contribution in [-0.4, -0.2) is 38.0 Å². The lowest BCUT2D eigenvalue weighted by Gasteiger charge is -2.14. The third kappa shape index (κ3) is 8.09. The standard InChI is InChI=1S/C10H20FNO4S/c1-2-3-6-9(10(13)14)12-17(15,16)8-5-4-7-11/h9,12H,2-8H2,1H3,(H,13,14)/t9-/m0/s1. The molecule has 0 spiro atoms. The van der Waals surface area contributed by atoms with Gasteiger partial charge in [0.05, 0.1) is 12.4 Å². The molecular formula is C10H20FNO4S. The molecule has 0 saturated heterocycles. The highest BCUT2D eigenvalue weighted by Gasteiger charge is 2.22. The van der Waals surface area contributed by atoms with Crippen LogP contribution in [0.25, 0.3) is 0 Å². The van der Waals surface area contributed by atoms with Crippen LogP contribution in [0, 0.1) is 0 Å². The molecule has 1 atom stereocenters. The highest BCUT2D eigenvalue weighted by atomic mass is 32.2. The number of hydrogen-bond acceptors (Lipinski definition) is 3. The maximum absolute atomic E-state index is 11.8. The predicted molar refractivity (Wildman–Crippen MR) is 63.1 cm³/mol. The molecule has 2 N–H and O–H groups in total. The molecule has 7 heteroatoms. The van der Waals surface area contributed by atoms with Crippen molar-refractivity contribution in [2.45, 2.75) is 45.1 Å². The van der Waals surface area contributed by atoms with Crippen LogP contribution in [0.15, 0.2) is 0 Å². The highest BCUT2D eigenvalue weighted by molar-refractivity contribution is 7.89. The van der Waals surface area contributed by atoms with E-state index < -0.39 is 28.7 Å². The van der Waals surface area contributed by atoms with Gasteiger partial charge in [0.1, 0.15) is 6.04 Å². The van der Waals surface area contributed by atoms with Gasteiger partial charge >= 0.3 is 5.97 Å². The normalized spacial score (nSPS) is 13.5. The Morgan fingerprint density at radius 2 is 2.00 bits per heavy atom. The summed E-state index contributed by atoms with van der Waals surface area (Å²) in [5.41, 5.74) is 0. The first-order valence-electron chi connectivity index (χ1n) is 5.71. The number of hydrogen-bond donors (Lipinski definition) is 2. The minimum absolute atomic E-state index is 0.174. The second-order valence-electron chi connectivity index (χ2n) is 3.87. The molecule has 0 unspecified atom stereocenters. The number of carboxylic acids is 1. The lowest BCUT2D eigenvalue weighted by atomic mass is 10.1. The van der Waals surface area contributed by atoms with Gasteiger partial charge in [-0.2, -0.15) is 0 Å². The van der Waals surface area contributed by atoms with Gasteiger partial charge in [-0.3, -0.25) is 9.18 Å². The molecule has 102 valence electrons. The number of nitrogens with one attached hydrogen (secondary N) is 1. The molecule has 0 aliphatic heterocycles. The number of alkyl halides is 1. The quantitative estimate of drug-likeness (QED) is 0.585. The zero-order valence-electron chi connectivity index (χ0n) is 9.99. The molecule has 0 fully saturated rings.